The van der Waals surface area contributed by atoms with Crippen molar-refractivity contribution in [3.8, 4) is 0 Å². The number of hydrogen-bond donors (Lipinski definition) is 2. The molecule has 0 aromatic heterocycles. The first-order valence-electron chi connectivity index (χ1n) is 9.64. The quantitative estimate of drug-likeness (QED) is 0.589. The fraction of sp³-hybridized carbons (Fsp3) is 0.600. The fourth-order valence-electron chi connectivity index (χ4n) is 3.32. The molecule has 0 saturated carbocycles. The van der Waals surface area contributed by atoms with Gasteiger partial charge in [-0.25, -0.2) is 9.38 Å². The number of carbonyl (C=O) groups is 1. The van der Waals surface area contributed by atoms with E-state index in [-0.39, 0.29) is 11.7 Å². The molecule has 7 heteroatoms. The normalized spacial score (nSPS) is 15.6. The second-order valence-corrected chi connectivity index (χ2v) is 7.16. The molecule has 0 spiro atoms. The van der Waals surface area contributed by atoms with Crippen molar-refractivity contribution in [1.82, 2.24) is 15.5 Å². The van der Waals surface area contributed by atoms with Gasteiger partial charge in [-0.3, -0.25) is 4.79 Å². The summed E-state index contributed by atoms with van der Waals surface area (Å²) in [6.45, 7) is 5.01. The number of halogens is 1. The van der Waals surface area contributed by atoms with Crippen LogP contribution < -0.4 is 15.5 Å². The molecule has 0 radical (unpaired) electrons. The maximum atomic E-state index is 14.2. The predicted molar refractivity (Wildman–Crippen MR) is 109 cm³/mol. The molecule has 0 aliphatic carbocycles. The summed E-state index contributed by atoms with van der Waals surface area (Å²) in [6, 6.07) is 5.26. The minimum Gasteiger partial charge on any atom is -0.375 e. The van der Waals surface area contributed by atoms with Crippen molar-refractivity contribution in [2.24, 2.45) is 10.9 Å². The third-order valence-electron chi connectivity index (χ3n) is 4.91. The van der Waals surface area contributed by atoms with Crippen LogP contribution in [0, 0.1) is 11.7 Å². The number of rotatable bonds is 6. The summed E-state index contributed by atoms with van der Waals surface area (Å²) >= 11 is 0. The summed E-state index contributed by atoms with van der Waals surface area (Å²) in [5.74, 6) is 1.16. The second kappa shape index (κ2) is 10.1. The number of guanidine groups is 1. The van der Waals surface area contributed by atoms with Crippen molar-refractivity contribution in [1.29, 1.82) is 0 Å². The summed E-state index contributed by atoms with van der Waals surface area (Å²) in [5, 5.41) is 6.03. The summed E-state index contributed by atoms with van der Waals surface area (Å²) in [6.07, 6.45) is 2.55. The van der Waals surface area contributed by atoms with Crippen LogP contribution in [0.1, 0.15) is 31.7 Å². The number of aliphatic imine (C=N–C) groups is 1. The molecule has 1 amide bonds. The number of anilines is 1. The highest BCUT2D eigenvalue weighted by atomic mass is 19.1. The SMILES string of the molecule is CCNC(=NCc1ccc(N(C)C)c(F)c1)N1CCC(CC(=O)NC)CC1. The fourth-order valence-corrected chi connectivity index (χ4v) is 3.32. The van der Waals surface area contributed by atoms with E-state index in [2.05, 4.69) is 15.5 Å². The van der Waals surface area contributed by atoms with Gasteiger partial charge in [0.1, 0.15) is 5.82 Å². The number of nitrogens with one attached hydrogen (secondary N) is 2. The number of piperidine rings is 1. The molecule has 0 atom stereocenters. The predicted octanol–water partition coefficient (Wildman–Crippen LogP) is 2.21. The van der Waals surface area contributed by atoms with Crippen LogP contribution in [0.3, 0.4) is 0 Å². The molecule has 1 saturated heterocycles. The molecular formula is C20H32FN5O. The Bertz CT molecular complexity index is 654. The number of benzene rings is 1. The Morgan fingerprint density at radius 1 is 1.33 bits per heavy atom. The maximum Gasteiger partial charge on any atom is 0.220 e. The van der Waals surface area contributed by atoms with Crippen molar-refractivity contribution >= 4 is 17.6 Å². The van der Waals surface area contributed by atoms with Crippen molar-refractivity contribution in [2.45, 2.75) is 32.7 Å². The lowest BCUT2D eigenvalue weighted by molar-refractivity contribution is -0.121. The molecule has 2 N–H and O–H groups in total. The molecule has 1 aromatic carbocycles. The summed E-state index contributed by atoms with van der Waals surface area (Å²) in [5.41, 5.74) is 1.43. The van der Waals surface area contributed by atoms with Crippen LogP contribution in [-0.4, -0.2) is 57.5 Å². The standard InChI is InChI=1S/C20H32FN5O/c1-5-23-20(26-10-8-15(9-11-26)13-19(27)22-2)24-14-16-6-7-18(25(3)4)17(21)12-16/h6-7,12,15H,5,8-11,13-14H2,1-4H3,(H,22,27)(H,23,24). The third kappa shape index (κ3) is 6.12. The van der Waals surface area contributed by atoms with Gasteiger partial charge in [0.25, 0.3) is 0 Å². The molecular weight excluding hydrogens is 345 g/mol. The summed E-state index contributed by atoms with van der Waals surface area (Å²) in [7, 11) is 5.34. The highest BCUT2D eigenvalue weighted by Crippen LogP contribution is 2.21. The Kier molecular flexibility index (Phi) is 7.88. The van der Waals surface area contributed by atoms with Gasteiger partial charge < -0.3 is 20.4 Å². The lowest BCUT2D eigenvalue weighted by Gasteiger charge is -2.34. The first-order chi connectivity index (χ1) is 12.9. The Balaban J connectivity index is 1.98. The van der Waals surface area contributed by atoms with Crippen LogP contribution in [0.15, 0.2) is 23.2 Å². The van der Waals surface area contributed by atoms with Crippen LogP contribution >= 0.6 is 0 Å². The molecule has 1 heterocycles. The summed E-state index contributed by atoms with van der Waals surface area (Å²) in [4.78, 5) is 20.2. The van der Waals surface area contributed by atoms with E-state index < -0.39 is 0 Å². The minimum absolute atomic E-state index is 0.109. The molecule has 1 aliphatic rings. The van der Waals surface area contributed by atoms with E-state index in [0.29, 0.717) is 24.6 Å². The van der Waals surface area contributed by atoms with Gasteiger partial charge in [0.2, 0.25) is 5.91 Å². The molecule has 2 rings (SSSR count). The molecule has 27 heavy (non-hydrogen) atoms. The van der Waals surface area contributed by atoms with Crippen LogP contribution in [0.4, 0.5) is 10.1 Å². The number of amides is 1. The van der Waals surface area contributed by atoms with E-state index in [4.69, 9.17) is 4.99 Å². The number of nitrogens with zero attached hydrogens (tertiary/aromatic N) is 3. The summed E-state index contributed by atoms with van der Waals surface area (Å²) < 4.78 is 14.2. The van der Waals surface area contributed by atoms with Gasteiger partial charge in [-0.15, -0.1) is 0 Å². The van der Waals surface area contributed by atoms with Gasteiger partial charge in [-0.2, -0.15) is 0 Å². The van der Waals surface area contributed by atoms with E-state index in [0.717, 1.165) is 44.0 Å². The largest absolute Gasteiger partial charge is 0.375 e. The van der Waals surface area contributed by atoms with Gasteiger partial charge in [-0.05, 0) is 43.4 Å². The zero-order valence-corrected chi connectivity index (χ0v) is 16.9. The molecule has 0 unspecified atom stereocenters. The Hall–Kier alpha value is -2.31. The molecule has 150 valence electrons. The number of likely N-dealkylation sites (tertiary alicyclic amines) is 1. The Morgan fingerprint density at radius 2 is 2.04 bits per heavy atom. The third-order valence-corrected chi connectivity index (χ3v) is 4.91. The van der Waals surface area contributed by atoms with E-state index >= 15 is 0 Å². The van der Waals surface area contributed by atoms with Gasteiger partial charge in [0, 0.05) is 47.2 Å². The van der Waals surface area contributed by atoms with Crippen LogP contribution in [0.5, 0.6) is 0 Å². The lowest BCUT2D eigenvalue weighted by Crippen LogP contribution is -2.46. The van der Waals surface area contributed by atoms with Crippen LogP contribution in [-0.2, 0) is 11.3 Å². The van der Waals surface area contributed by atoms with Gasteiger partial charge in [0.15, 0.2) is 5.96 Å². The molecule has 1 fully saturated rings. The Labute approximate surface area is 161 Å². The molecule has 1 aromatic rings. The monoisotopic (exact) mass is 377 g/mol. The Morgan fingerprint density at radius 3 is 2.59 bits per heavy atom. The molecule has 0 bridgehead atoms. The average Bonchev–Trinajstić information content (AvgIpc) is 2.65. The van der Waals surface area contributed by atoms with Crippen LogP contribution in [0.25, 0.3) is 0 Å². The smallest absolute Gasteiger partial charge is 0.220 e. The maximum absolute atomic E-state index is 14.2. The second-order valence-electron chi connectivity index (χ2n) is 7.16. The topological polar surface area (TPSA) is 60.0 Å². The zero-order valence-electron chi connectivity index (χ0n) is 16.9. The number of hydrogen-bond acceptors (Lipinski definition) is 3. The minimum atomic E-state index is -0.229. The van der Waals surface area contributed by atoms with Crippen molar-refractivity contribution in [3.05, 3.63) is 29.6 Å². The first-order valence-corrected chi connectivity index (χ1v) is 9.64. The van der Waals surface area contributed by atoms with Crippen molar-refractivity contribution in [2.75, 3.05) is 45.7 Å². The van der Waals surface area contributed by atoms with Crippen LogP contribution in [0.2, 0.25) is 0 Å². The van der Waals surface area contributed by atoms with E-state index in [1.165, 1.54) is 0 Å². The lowest BCUT2D eigenvalue weighted by atomic mass is 9.93. The van der Waals surface area contributed by atoms with E-state index in [1.807, 2.05) is 27.1 Å². The highest BCUT2D eigenvalue weighted by molar-refractivity contribution is 5.80. The van der Waals surface area contributed by atoms with E-state index in [9.17, 15) is 9.18 Å². The van der Waals surface area contributed by atoms with E-state index in [1.54, 1.807) is 24.1 Å². The molecule has 6 nitrogen and oxygen atoms in total. The van der Waals surface area contributed by atoms with Gasteiger partial charge in [0.05, 0.1) is 12.2 Å². The zero-order chi connectivity index (χ0) is 19.8. The molecule has 1 aliphatic heterocycles. The van der Waals surface area contributed by atoms with Crippen molar-refractivity contribution < 1.29 is 9.18 Å². The average molecular weight is 378 g/mol. The first kappa shape index (κ1) is 21.0. The highest BCUT2D eigenvalue weighted by Gasteiger charge is 2.23. The van der Waals surface area contributed by atoms with Gasteiger partial charge >= 0.3 is 0 Å². The number of carbonyl (C=O) groups excluding carboxylic acids is 1. The van der Waals surface area contributed by atoms with Crippen molar-refractivity contribution in [3.63, 3.8) is 0 Å². The van der Waals surface area contributed by atoms with Gasteiger partial charge in [-0.1, -0.05) is 6.07 Å².